The number of nitrogens with two attached hydrogens (primary N) is 1. The first-order valence-corrected chi connectivity index (χ1v) is 6.91. The Hall–Kier alpha value is -1.76. The second-order valence-corrected chi connectivity index (χ2v) is 5.38. The van der Waals surface area contributed by atoms with E-state index >= 15 is 0 Å². The van der Waals surface area contributed by atoms with Crippen LogP contribution in [0.15, 0.2) is 12.1 Å². The predicted octanol–water partition coefficient (Wildman–Crippen LogP) is 3.16. The maximum absolute atomic E-state index is 13.8. The van der Waals surface area contributed by atoms with Gasteiger partial charge in [0.05, 0.1) is 11.0 Å². The van der Waals surface area contributed by atoms with Crippen LogP contribution in [0.2, 0.25) is 0 Å². The van der Waals surface area contributed by atoms with E-state index in [1.165, 1.54) is 0 Å². The molecule has 2 N–H and O–H groups in total. The van der Waals surface area contributed by atoms with Crippen molar-refractivity contribution in [1.29, 1.82) is 0 Å². The molecule has 0 aliphatic heterocycles. The van der Waals surface area contributed by atoms with Crippen molar-refractivity contribution in [2.75, 3.05) is 0 Å². The lowest BCUT2D eigenvalue weighted by molar-refractivity contribution is -0.387. The zero-order valence-corrected chi connectivity index (χ0v) is 11.9. The Morgan fingerprint density at radius 3 is 2.48 bits per heavy atom. The Bertz CT molecular complexity index is 561. The Balaban J connectivity index is 2.25. The number of hydrogen-bond donors (Lipinski definition) is 1. The molecule has 0 heterocycles. The topological polar surface area (TPSA) is 78.4 Å². The third-order valence-corrected chi connectivity index (χ3v) is 4.63. The van der Waals surface area contributed by atoms with Gasteiger partial charge in [-0.05, 0) is 12.8 Å². The maximum atomic E-state index is 13.8. The number of halogens is 2. The van der Waals surface area contributed by atoms with Crippen LogP contribution >= 0.6 is 0 Å². The van der Waals surface area contributed by atoms with E-state index in [1.54, 1.807) is 0 Å². The molecule has 0 radical (unpaired) electrons. The van der Waals surface area contributed by atoms with Crippen LogP contribution in [0.4, 0.5) is 14.5 Å². The second kappa shape index (κ2) is 5.55. The van der Waals surface area contributed by atoms with Gasteiger partial charge in [-0.25, -0.2) is 4.39 Å². The number of nitro groups is 1. The molecule has 1 aromatic rings. The summed E-state index contributed by atoms with van der Waals surface area (Å²) in [4.78, 5) is 9.59. The zero-order valence-electron chi connectivity index (χ0n) is 11.9. The van der Waals surface area contributed by atoms with Gasteiger partial charge in [-0.15, -0.1) is 0 Å². The first-order chi connectivity index (χ1) is 9.85. The molecule has 5 nitrogen and oxygen atoms in total. The third kappa shape index (κ3) is 2.46. The minimum absolute atomic E-state index is 0.0385. The van der Waals surface area contributed by atoms with Crippen molar-refractivity contribution in [2.45, 2.75) is 45.3 Å². The molecule has 7 heteroatoms. The minimum Gasteiger partial charge on any atom is -0.487 e. The monoisotopic (exact) mass is 300 g/mol. The van der Waals surface area contributed by atoms with E-state index in [1.807, 2.05) is 13.8 Å². The zero-order chi connectivity index (χ0) is 15.8. The molecule has 2 unspecified atom stereocenters. The molecule has 1 aliphatic rings. The summed E-state index contributed by atoms with van der Waals surface area (Å²) in [5.74, 6) is -2.36. The lowest BCUT2D eigenvalue weighted by atomic mass is 9.59. The Kier molecular flexibility index (Phi) is 4.13. The number of benzene rings is 1. The van der Waals surface area contributed by atoms with Gasteiger partial charge in [0, 0.05) is 23.9 Å². The molecule has 1 fully saturated rings. The SMILES string of the molecule is CCC1(CC)C(N)CC1Oc1cc(F)c([N+](=O)[O-])cc1F. The Morgan fingerprint density at radius 1 is 1.38 bits per heavy atom. The quantitative estimate of drug-likeness (QED) is 0.669. The average molecular weight is 300 g/mol. The molecule has 1 aromatic carbocycles. The number of nitro benzene ring substituents is 1. The summed E-state index contributed by atoms with van der Waals surface area (Å²) in [6.07, 6.45) is 1.79. The van der Waals surface area contributed by atoms with Crippen molar-refractivity contribution >= 4 is 5.69 Å². The minimum atomic E-state index is -1.11. The smallest absolute Gasteiger partial charge is 0.307 e. The van der Waals surface area contributed by atoms with Crippen molar-refractivity contribution in [3.63, 3.8) is 0 Å². The third-order valence-electron chi connectivity index (χ3n) is 4.63. The van der Waals surface area contributed by atoms with Crippen LogP contribution in [0, 0.1) is 27.2 Å². The van der Waals surface area contributed by atoms with Crippen LogP contribution in [0.25, 0.3) is 0 Å². The van der Waals surface area contributed by atoms with Crippen molar-refractivity contribution < 1.29 is 18.4 Å². The summed E-state index contributed by atoms with van der Waals surface area (Å²) in [5, 5.41) is 10.6. The largest absolute Gasteiger partial charge is 0.487 e. The van der Waals surface area contributed by atoms with Gasteiger partial charge in [-0.3, -0.25) is 10.1 Å². The number of rotatable bonds is 5. The normalized spacial score (nSPS) is 23.5. The first-order valence-electron chi connectivity index (χ1n) is 6.91. The fraction of sp³-hybridized carbons (Fsp3) is 0.571. The number of ether oxygens (including phenoxy) is 1. The van der Waals surface area contributed by atoms with Crippen LogP contribution in [-0.2, 0) is 0 Å². The fourth-order valence-electron chi connectivity index (χ4n) is 3.08. The molecule has 2 rings (SSSR count). The van der Waals surface area contributed by atoms with Crippen molar-refractivity contribution in [1.82, 2.24) is 0 Å². The standard InChI is InChI=1S/C14H18F2N2O3/c1-3-14(4-2)12(17)7-13(14)21-11-6-8(15)10(18(19)20)5-9(11)16/h5-6,12-13H,3-4,7,17H2,1-2H3. The maximum Gasteiger partial charge on any atom is 0.307 e. The van der Waals surface area contributed by atoms with E-state index in [9.17, 15) is 18.9 Å². The lowest BCUT2D eigenvalue weighted by Gasteiger charge is -2.53. The molecule has 116 valence electrons. The van der Waals surface area contributed by atoms with Crippen LogP contribution in [0.3, 0.4) is 0 Å². The highest BCUT2D eigenvalue weighted by Crippen LogP contribution is 2.48. The summed E-state index contributed by atoms with van der Waals surface area (Å²) in [5.41, 5.74) is 4.86. The second-order valence-electron chi connectivity index (χ2n) is 5.38. The van der Waals surface area contributed by atoms with Gasteiger partial charge in [0.2, 0.25) is 5.82 Å². The summed E-state index contributed by atoms with van der Waals surface area (Å²) in [7, 11) is 0. The molecule has 1 aliphatic carbocycles. The molecule has 21 heavy (non-hydrogen) atoms. The molecule has 0 spiro atoms. The highest BCUT2D eigenvalue weighted by molar-refractivity contribution is 5.39. The first kappa shape index (κ1) is 15.6. The molecule has 0 saturated heterocycles. The predicted molar refractivity (Wildman–Crippen MR) is 73.0 cm³/mol. The Labute approximate surface area is 121 Å². The van der Waals surface area contributed by atoms with Gasteiger partial charge in [0.15, 0.2) is 11.6 Å². The highest BCUT2D eigenvalue weighted by atomic mass is 19.1. The van der Waals surface area contributed by atoms with E-state index < -0.39 is 22.2 Å². The van der Waals surface area contributed by atoms with Crippen LogP contribution in [0.1, 0.15) is 33.1 Å². The molecular weight excluding hydrogens is 282 g/mol. The van der Waals surface area contributed by atoms with Crippen molar-refractivity contribution in [3.05, 3.63) is 33.9 Å². The molecule has 0 amide bonds. The number of hydrogen-bond acceptors (Lipinski definition) is 4. The van der Waals surface area contributed by atoms with Gasteiger partial charge in [0.1, 0.15) is 6.10 Å². The van der Waals surface area contributed by atoms with E-state index in [2.05, 4.69) is 0 Å². The highest BCUT2D eigenvalue weighted by Gasteiger charge is 2.52. The van der Waals surface area contributed by atoms with Crippen LogP contribution < -0.4 is 10.5 Å². The number of nitrogens with zero attached hydrogens (tertiary/aromatic N) is 1. The fourth-order valence-corrected chi connectivity index (χ4v) is 3.08. The summed E-state index contributed by atoms with van der Waals surface area (Å²) in [6.45, 7) is 3.96. The summed E-state index contributed by atoms with van der Waals surface area (Å²) in [6, 6.07) is 1.24. The average Bonchev–Trinajstić information content (AvgIpc) is 2.43. The molecular formula is C14H18F2N2O3. The van der Waals surface area contributed by atoms with E-state index in [4.69, 9.17) is 10.5 Å². The summed E-state index contributed by atoms with van der Waals surface area (Å²) >= 11 is 0. The molecule has 1 saturated carbocycles. The molecule has 0 aromatic heterocycles. The van der Waals surface area contributed by atoms with Gasteiger partial charge in [0.25, 0.3) is 0 Å². The lowest BCUT2D eigenvalue weighted by Crippen LogP contribution is -2.63. The Morgan fingerprint density at radius 2 is 2.00 bits per heavy atom. The van der Waals surface area contributed by atoms with Crippen molar-refractivity contribution in [3.8, 4) is 5.75 Å². The van der Waals surface area contributed by atoms with E-state index in [0.29, 0.717) is 12.5 Å². The van der Waals surface area contributed by atoms with Crippen LogP contribution in [-0.4, -0.2) is 17.1 Å². The molecule has 0 bridgehead atoms. The molecule has 2 atom stereocenters. The van der Waals surface area contributed by atoms with Crippen molar-refractivity contribution in [2.24, 2.45) is 11.1 Å². The van der Waals surface area contributed by atoms with Gasteiger partial charge in [-0.1, -0.05) is 13.8 Å². The van der Waals surface area contributed by atoms with Gasteiger partial charge >= 0.3 is 5.69 Å². The van der Waals surface area contributed by atoms with Gasteiger partial charge < -0.3 is 10.5 Å². The van der Waals surface area contributed by atoms with E-state index in [0.717, 1.165) is 18.9 Å². The van der Waals surface area contributed by atoms with E-state index in [-0.39, 0.29) is 23.3 Å². The summed E-state index contributed by atoms with van der Waals surface area (Å²) < 4.78 is 33.0. The van der Waals surface area contributed by atoms with Gasteiger partial charge in [-0.2, -0.15) is 4.39 Å². The van der Waals surface area contributed by atoms with Crippen LogP contribution in [0.5, 0.6) is 5.75 Å².